The van der Waals surface area contributed by atoms with E-state index in [-0.39, 0.29) is 36.8 Å². The number of carbonyl (C=O) groups is 2. The molecule has 1 aliphatic rings. The number of aliphatic hydroxyl groups excluding tert-OH is 1. The molecule has 0 unspecified atom stereocenters. The molecule has 1 heterocycles. The monoisotopic (exact) mass is 289 g/mol. The van der Waals surface area contributed by atoms with E-state index in [1.165, 1.54) is 18.2 Å². The molecule has 0 aromatic heterocycles. The van der Waals surface area contributed by atoms with Crippen LogP contribution in [-0.4, -0.2) is 23.5 Å². The highest BCUT2D eigenvalue weighted by Gasteiger charge is 2.45. The Balaban J connectivity index is 2.38. The predicted octanol–water partition coefficient (Wildman–Crippen LogP) is 1.85. The van der Waals surface area contributed by atoms with Crippen molar-refractivity contribution in [3.63, 3.8) is 0 Å². The van der Waals surface area contributed by atoms with Gasteiger partial charge in [0.15, 0.2) is 0 Å². The molecule has 5 heteroatoms. The van der Waals surface area contributed by atoms with Crippen molar-refractivity contribution in [1.82, 2.24) is 0 Å². The molecule has 1 aromatic carbocycles. The number of imide groups is 1. The average Bonchev–Trinajstić information content (AvgIpc) is 2.61. The van der Waals surface area contributed by atoms with E-state index in [4.69, 9.17) is 5.11 Å². The fourth-order valence-electron chi connectivity index (χ4n) is 2.17. The minimum Gasteiger partial charge on any atom is -0.395 e. The van der Waals surface area contributed by atoms with Crippen molar-refractivity contribution in [3.8, 4) is 11.8 Å². The first kappa shape index (κ1) is 15.2. The molecule has 1 aromatic rings. The summed E-state index contributed by atoms with van der Waals surface area (Å²) >= 11 is 0. The van der Waals surface area contributed by atoms with Crippen molar-refractivity contribution in [2.24, 2.45) is 5.41 Å². The van der Waals surface area contributed by atoms with Gasteiger partial charge < -0.3 is 5.11 Å². The molecule has 0 atom stereocenters. The molecule has 1 N–H and O–H groups in total. The molecule has 4 nitrogen and oxygen atoms in total. The summed E-state index contributed by atoms with van der Waals surface area (Å²) in [6, 6.07) is 3.96. The Morgan fingerprint density at radius 1 is 1.38 bits per heavy atom. The lowest BCUT2D eigenvalue weighted by atomic mass is 9.92. The number of carbonyl (C=O) groups excluding carboxylic acids is 2. The second-order valence-corrected chi connectivity index (χ2v) is 5.53. The molecule has 2 amide bonds. The first-order valence-electron chi connectivity index (χ1n) is 6.63. The molecule has 0 spiro atoms. The van der Waals surface area contributed by atoms with Gasteiger partial charge in [0.05, 0.1) is 23.3 Å². The number of anilines is 1. The number of aliphatic hydroxyl groups is 1. The molecule has 1 fully saturated rings. The van der Waals surface area contributed by atoms with E-state index in [0.717, 1.165) is 4.90 Å². The van der Waals surface area contributed by atoms with Crippen LogP contribution in [-0.2, 0) is 9.59 Å². The largest absolute Gasteiger partial charge is 0.395 e. The van der Waals surface area contributed by atoms with Crippen LogP contribution in [0.15, 0.2) is 18.2 Å². The molecule has 2 rings (SSSR count). The third-order valence-corrected chi connectivity index (χ3v) is 3.29. The number of nitrogens with zero attached hydrogens (tertiary/aromatic N) is 1. The Morgan fingerprint density at radius 3 is 2.67 bits per heavy atom. The van der Waals surface area contributed by atoms with Gasteiger partial charge in [-0.05, 0) is 18.2 Å². The average molecular weight is 289 g/mol. The molecular weight excluding hydrogens is 273 g/mol. The first-order valence-corrected chi connectivity index (χ1v) is 6.63. The number of hydrogen-bond acceptors (Lipinski definition) is 3. The Morgan fingerprint density at radius 2 is 2.10 bits per heavy atom. The van der Waals surface area contributed by atoms with Gasteiger partial charge in [0.25, 0.3) is 0 Å². The Hall–Kier alpha value is -2.19. The van der Waals surface area contributed by atoms with Crippen LogP contribution in [0.25, 0.3) is 0 Å². The quantitative estimate of drug-likeness (QED) is 0.667. The van der Waals surface area contributed by atoms with E-state index in [0.29, 0.717) is 5.69 Å². The second kappa shape index (κ2) is 5.66. The maximum Gasteiger partial charge on any atom is 0.239 e. The fourth-order valence-corrected chi connectivity index (χ4v) is 2.17. The van der Waals surface area contributed by atoms with Gasteiger partial charge in [-0.25, -0.2) is 4.39 Å². The Kier molecular flexibility index (Phi) is 4.10. The van der Waals surface area contributed by atoms with Gasteiger partial charge in [-0.3, -0.25) is 14.5 Å². The van der Waals surface area contributed by atoms with E-state index in [1.807, 2.05) is 0 Å². The van der Waals surface area contributed by atoms with Gasteiger partial charge in [0, 0.05) is 12.8 Å². The number of benzene rings is 1. The van der Waals surface area contributed by atoms with Crippen LogP contribution in [0.1, 0.15) is 32.3 Å². The molecule has 0 radical (unpaired) electrons. The van der Waals surface area contributed by atoms with Gasteiger partial charge in [0.1, 0.15) is 5.82 Å². The summed E-state index contributed by atoms with van der Waals surface area (Å²) in [5, 5.41) is 8.67. The topological polar surface area (TPSA) is 57.6 Å². The molecule has 1 saturated heterocycles. The maximum atomic E-state index is 13.7. The summed E-state index contributed by atoms with van der Waals surface area (Å²) in [5.41, 5.74) is -0.315. The van der Waals surface area contributed by atoms with Crippen molar-refractivity contribution >= 4 is 17.5 Å². The normalized spacial score (nSPS) is 16.9. The lowest BCUT2D eigenvalue weighted by Crippen LogP contribution is -2.33. The third kappa shape index (κ3) is 2.96. The smallest absolute Gasteiger partial charge is 0.239 e. The van der Waals surface area contributed by atoms with Crippen molar-refractivity contribution in [1.29, 1.82) is 0 Å². The van der Waals surface area contributed by atoms with Crippen molar-refractivity contribution in [2.75, 3.05) is 11.5 Å². The van der Waals surface area contributed by atoms with E-state index < -0.39 is 11.2 Å². The minimum absolute atomic E-state index is 0.103. The number of rotatable bonds is 2. The zero-order valence-electron chi connectivity index (χ0n) is 11.9. The van der Waals surface area contributed by atoms with Crippen LogP contribution >= 0.6 is 0 Å². The molecule has 21 heavy (non-hydrogen) atoms. The molecule has 1 aliphatic heterocycles. The Bertz CT molecular complexity index is 655. The molecule has 0 saturated carbocycles. The molecule has 0 aliphatic carbocycles. The standard InChI is InChI=1S/C16H16FNO3/c1-16(2)10-14(20)18(15(16)21)12-6-7-13(17)11(9-12)5-3-4-8-19/h6-7,9,19H,4,8,10H2,1-2H3. The second-order valence-electron chi connectivity index (χ2n) is 5.53. The minimum atomic E-state index is -0.742. The van der Waals surface area contributed by atoms with E-state index >= 15 is 0 Å². The van der Waals surface area contributed by atoms with Crippen molar-refractivity contribution in [2.45, 2.75) is 26.7 Å². The maximum absolute atomic E-state index is 13.7. The van der Waals surface area contributed by atoms with Crippen LogP contribution in [0.2, 0.25) is 0 Å². The van der Waals surface area contributed by atoms with Gasteiger partial charge in [-0.15, -0.1) is 0 Å². The molecular formula is C16H16FNO3. The van der Waals surface area contributed by atoms with Crippen LogP contribution in [0.5, 0.6) is 0 Å². The van der Waals surface area contributed by atoms with Crippen molar-refractivity contribution < 1.29 is 19.1 Å². The summed E-state index contributed by atoms with van der Waals surface area (Å²) in [5.74, 6) is 4.09. The number of hydrogen-bond donors (Lipinski definition) is 1. The molecule has 0 bridgehead atoms. The number of amides is 2. The summed E-state index contributed by atoms with van der Waals surface area (Å²) in [6.45, 7) is 3.31. The first-order chi connectivity index (χ1) is 9.86. The summed E-state index contributed by atoms with van der Waals surface area (Å²) < 4.78 is 13.7. The zero-order chi connectivity index (χ0) is 15.6. The van der Waals surface area contributed by atoms with Crippen LogP contribution in [0, 0.1) is 23.1 Å². The highest BCUT2D eigenvalue weighted by Crippen LogP contribution is 2.35. The third-order valence-electron chi connectivity index (χ3n) is 3.29. The lowest BCUT2D eigenvalue weighted by molar-refractivity contribution is -0.124. The van der Waals surface area contributed by atoms with Crippen LogP contribution in [0.3, 0.4) is 0 Å². The SMILES string of the molecule is CC1(C)CC(=O)N(c2ccc(F)c(C#CCCO)c2)C1=O. The van der Waals surface area contributed by atoms with Crippen LogP contribution < -0.4 is 4.90 Å². The summed E-state index contributed by atoms with van der Waals surface area (Å²) in [7, 11) is 0. The van der Waals surface area contributed by atoms with E-state index in [1.54, 1.807) is 13.8 Å². The zero-order valence-corrected chi connectivity index (χ0v) is 11.9. The molecule has 110 valence electrons. The van der Waals surface area contributed by atoms with Crippen LogP contribution in [0.4, 0.5) is 10.1 Å². The Labute approximate surface area is 122 Å². The highest BCUT2D eigenvalue weighted by atomic mass is 19.1. The van der Waals surface area contributed by atoms with Gasteiger partial charge in [0.2, 0.25) is 11.8 Å². The predicted molar refractivity (Wildman–Crippen MR) is 75.9 cm³/mol. The van der Waals surface area contributed by atoms with Gasteiger partial charge >= 0.3 is 0 Å². The van der Waals surface area contributed by atoms with E-state index in [2.05, 4.69) is 11.8 Å². The number of halogens is 1. The lowest BCUT2D eigenvalue weighted by Gasteiger charge is -2.18. The summed E-state index contributed by atoms with van der Waals surface area (Å²) in [6.07, 6.45) is 0.368. The van der Waals surface area contributed by atoms with Gasteiger partial charge in [-0.1, -0.05) is 25.7 Å². The van der Waals surface area contributed by atoms with Gasteiger partial charge in [-0.2, -0.15) is 0 Å². The highest BCUT2D eigenvalue weighted by molar-refractivity contribution is 6.22. The summed E-state index contributed by atoms with van der Waals surface area (Å²) in [4.78, 5) is 25.3. The fraction of sp³-hybridized carbons (Fsp3) is 0.375. The van der Waals surface area contributed by atoms with Crippen molar-refractivity contribution in [3.05, 3.63) is 29.6 Å². The van der Waals surface area contributed by atoms with E-state index in [9.17, 15) is 14.0 Å².